The minimum absolute atomic E-state index is 0.121. The number of amides is 1. The van der Waals surface area contributed by atoms with Crippen molar-refractivity contribution in [3.63, 3.8) is 0 Å². The zero-order valence-electron chi connectivity index (χ0n) is 16.6. The van der Waals surface area contributed by atoms with Crippen molar-refractivity contribution in [1.29, 1.82) is 0 Å². The molecule has 2 N–H and O–H groups in total. The molecule has 0 fully saturated rings. The van der Waals surface area contributed by atoms with Crippen molar-refractivity contribution in [2.45, 2.75) is 0 Å². The fraction of sp³-hybridized carbons (Fsp3) is 0.0417. The molecule has 0 saturated carbocycles. The number of carbonyl (C=O) groups excluding carboxylic acids is 1. The van der Waals surface area contributed by atoms with Crippen molar-refractivity contribution < 1.29 is 18.7 Å². The van der Waals surface area contributed by atoms with E-state index in [-0.39, 0.29) is 17.8 Å². The molecule has 3 aromatic carbocycles. The molecule has 0 aliphatic carbocycles. The molecule has 0 spiro atoms. The van der Waals surface area contributed by atoms with Crippen molar-refractivity contribution in [3.05, 3.63) is 88.8 Å². The Morgan fingerprint density at radius 3 is 2.66 bits per heavy atom. The van der Waals surface area contributed by atoms with Gasteiger partial charge in [-0.1, -0.05) is 30.3 Å². The van der Waals surface area contributed by atoms with Crippen molar-refractivity contribution in [2.75, 3.05) is 12.1 Å². The molecule has 7 nitrogen and oxygen atoms in total. The molecule has 0 saturated heterocycles. The van der Waals surface area contributed by atoms with Crippen LogP contribution in [0.25, 0.3) is 22.1 Å². The summed E-state index contributed by atoms with van der Waals surface area (Å²) in [5.41, 5.74) is 2.21. The Morgan fingerprint density at radius 2 is 1.75 bits per heavy atom. The standard InChI is InChI=1S/C24H16N2O5S/c27-22(16-8-9-20-21(12-16)30-13-29-20)26-24(32)25-17-6-3-5-14(10-17)18-11-15-4-1-2-7-19(15)31-23(18)28/h1-12H,13H2,(H2,25,26,27,32). The summed E-state index contributed by atoms with van der Waals surface area (Å²) in [5.74, 6) is 0.725. The lowest BCUT2D eigenvalue weighted by Crippen LogP contribution is -2.34. The van der Waals surface area contributed by atoms with Gasteiger partial charge in [0.05, 0.1) is 5.56 Å². The van der Waals surface area contributed by atoms with Crippen molar-refractivity contribution in [1.82, 2.24) is 5.32 Å². The first-order valence-corrected chi connectivity index (χ1v) is 10.1. The topological polar surface area (TPSA) is 89.8 Å². The van der Waals surface area contributed by atoms with E-state index < -0.39 is 5.63 Å². The number of rotatable bonds is 3. The summed E-state index contributed by atoms with van der Waals surface area (Å²) in [4.78, 5) is 25.0. The van der Waals surface area contributed by atoms with Crippen LogP contribution in [0.15, 0.2) is 82.0 Å². The molecule has 8 heteroatoms. The molecule has 0 unspecified atom stereocenters. The first-order chi connectivity index (χ1) is 15.6. The Hall–Kier alpha value is -4.17. The van der Waals surface area contributed by atoms with E-state index in [4.69, 9.17) is 26.1 Å². The normalized spacial score (nSPS) is 11.9. The summed E-state index contributed by atoms with van der Waals surface area (Å²) in [6.07, 6.45) is 0. The lowest BCUT2D eigenvalue weighted by Gasteiger charge is -2.11. The van der Waals surface area contributed by atoms with Crippen LogP contribution in [-0.2, 0) is 0 Å². The largest absolute Gasteiger partial charge is 0.454 e. The van der Waals surface area contributed by atoms with E-state index in [1.807, 2.05) is 18.2 Å². The number of thiocarbonyl (C=S) groups is 1. The molecule has 2 heterocycles. The average molecular weight is 444 g/mol. The van der Waals surface area contributed by atoms with Crippen LogP contribution in [0.4, 0.5) is 5.69 Å². The number of fused-ring (bicyclic) bond motifs is 2. The maximum atomic E-state index is 12.5. The summed E-state index contributed by atoms with van der Waals surface area (Å²) in [6.45, 7) is 0.131. The van der Waals surface area contributed by atoms with Gasteiger partial charge in [-0.05, 0) is 60.2 Å². The van der Waals surface area contributed by atoms with Crippen LogP contribution in [0, 0.1) is 0 Å². The highest BCUT2D eigenvalue weighted by atomic mass is 32.1. The van der Waals surface area contributed by atoms with Crippen LogP contribution in [-0.4, -0.2) is 17.8 Å². The number of carbonyl (C=O) groups is 1. The van der Waals surface area contributed by atoms with Gasteiger partial charge in [0.15, 0.2) is 16.6 Å². The van der Waals surface area contributed by atoms with Crippen LogP contribution in [0.3, 0.4) is 0 Å². The molecular weight excluding hydrogens is 428 g/mol. The van der Waals surface area contributed by atoms with E-state index >= 15 is 0 Å². The number of hydrogen-bond donors (Lipinski definition) is 2. The summed E-state index contributed by atoms with van der Waals surface area (Å²) >= 11 is 5.28. The lowest BCUT2D eigenvalue weighted by atomic mass is 10.1. The lowest BCUT2D eigenvalue weighted by molar-refractivity contribution is 0.0977. The van der Waals surface area contributed by atoms with E-state index in [0.29, 0.717) is 39.5 Å². The molecule has 4 aromatic rings. The number of ether oxygens (including phenoxy) is 2. The number of benzene rings is 3. The highest BCUT2D eigenvalue weighted by Crippen LogP contribution is 2.32. The van der Waals surface area contributed by atoms with Crippen molar-refractivity contribution in [2.24, 2.45) is 0 Å². The van der Waals surface area contributed by atoms with Crippen LogP contribution in [0.5, 0.6) is 11.5 Å². The minimum atomic E-state index is -0.431. The zero-order valence-corrected chi connectivity index (χ0v) is 17.4. The Morgan fingerprint density at radius 1 is 0.906 bits per heavy atom. The monoisotopic (exact) mass is 444 g/mol. The molecule has 0 bridgehead atoms. The SMILES string of the molecule is O=C(NC(=S)Nc1cccc(-c2cc3ccccc3oc2=O)c1)c1ccc2c(c1)OCO2. The summed E-state index contributed by atoms with van der Waals surface area (Å²) < 4.78 is 16.0. The quantitative estimate of drug-likeness (QED) is 0.359. The van der Waals surface area contributed by atoms with E-state index in [2.05, 4.69) is 10.6 Å². The van der Waals surface area contributed by atoms with Crippen LogP contribution in [0.1, 0.15) is 10.4 Å². The molecule has 1 aliphatic rings. The second kappa shape index (κ2) is 8.16. The highest BCUT2D eigenvalue weighted by Gasteiger charge is 2.17. The highest BCUT2D eigenvalue weighted by molar-refractivity contribution is 7.80. The predicted molar refractivity (Wildman–Crippen MR) is 124 cm³/mol. The van der Waals surface area contributed by atoms with Crippen LogP contribution in [0.2, 0.25) is 0 Å². The number of anilines is 1. The minimum Gasteiger partial charge on any atom is -0.454 e. The molecule has 1 amide bonds. The molecule has 32 heavy (non-hydrogen) atoms. The van der Waals surface area contributed by atoms with Gasteiger partial charge >= 0.3 is 5.63 Å². The van der Waals surface area contributed by atoms with E-state index in [9.17, 15) is 9.59 Å². The molecule has 0 radical (unpaired) electrons. The Balaban J connectivity index is 1.33. The second-order valence-electron chi connectivity index (χ2n) is 7.04. The molecule has 1 aromatic heterocycles. The zero-order chi connectivity index (χ0) is 22.1. The number of para-hydroxylation sites is 1. The first-order valence-electron chi connectivity index (χ1n) is 9.72. The maximum absolute atomic E-state index is 12.5. The molecule has 5 rings (SSSR count). The second-order valence-corrected chi connectivity index (χ2v) is 7.45. The smallest absolute Gasteiger partial charge is 0.344 e. The Kier molecular flexibility index (Phi) is 5.04. The third-order valence-corrected chi connectivity index (χ3v) is 5.14. The fourth-order valence-electron chi connectivity index (χ4n) is 3.40. The third-order valence-electron chi connectivity index (χ3n) is 4.93. The summed E-state index contributed by atoms with van der Waals surface area (Å²) in [6, 6.07) is 21.2. The maximum Gasteiger partial charge on any atom is 0.344 e. The van der Waals surface area contributed by atoms with Crippen LogP contribution < -0.4 is 25.7 Å². The van der Waals surface area contributed by atoms with Gasteiger partial charge in [0.1, 0.15) is 5.58 Å². The molecular formula is C24H16N2O5S. The van der Waals surface area contributed by atoms with Crippen LogP contribution >= 0.6 is 12.2 Å². The predicted octanol–water partition coefficient (Wildman–Crippen LogP) is 4.32. The van der Waals surface area contributed by atoms with Gasteiger partial charge in [-0.25, -0.2) is 4.79 Å². The first kappa shape index (κ1) is 19.8. The number of hydrogen-bond acceptors (Lipinski definition) is 6. The van der Waals surface area contributed by atoms with Gasteiger partial charge in [0, 0.05) is 16.6 Å². The molecule has 158 valence electrons. The Bertz CT molecular complexity index is 1430. The van der Waals surface area contributed by atoms with E-state index in [1.165, 1.54) is 0 Å². The van der Waals surface area contributed by atoms with Gasteiger partial charge in [-0.15, -0.1) is 0 Å². The van der Waals surface area contributed by atoms with E-state index in [1.54, 1.807) is 54.6 Å². The number of nitrogens with one attached hydrogen (secondary N) is 2. The van der Waals surface area contributed by atoms with Crippen molar-refractivity contribution in [3.8, 4) is 22.6 Å². The Labute approximate surface area is 187 Å². The van der Waals surface area contributed by atoms with Gasteiger partial charge in [-0.3, -0.25) is 10.1 Å². The summed E-state index contributed by atoms with van der Waals surface area (Å²) in [7, 11) is 0. The fourth-order valence-corrected chi connectivity index (χ4v) is 3.61. The molecule has 1 aliphatic heterocycles. The van der Waals surface area contributed by atoms with Crippen molar-refractivity contribution >= 4 is 39.9 Å². The van der Waals surface area contributed by atoms with Gasteiger partial charge in [0.2, 0.25) is 6.79 Å². The third kappa shape index (κ3) is 3.91. The average Bonchev–Trinajstić information content (AvgIpc) is 3.26. The van der Waals surface area contributed by atoms with Gasteiger partial charge in [0.25, 0.3) is 5.91 Å². The molecule has 0 atom stereocenters. The van der Waals surface area contributed by atoms with E-state index in [0.717, 1.165) is 5.39 Å². The van der Waals surface area contributed by atoms with Gasteiger partial charge < -0.3 is 19.2 Å². The van der Waals surface area contributed by atoms with Gasteiger partial charge in [-0.2, -0.15) is 0 Å². The summed E-state index contributed by atoms with van der Waals surface area (Å²) in [5, 5.41) is 6.55.